The molecular weight excluding hydrogens is 236 g/mol. The molecule has 1 aromatic rings. The van der Waals surface area contributed by atoms with E-state index in [0.29, 0.717) is 12.6 Å². The van der Waals surface area contributed by atoms with Gasteiger partial charge in [0.25, 0.3) is 0 Å². The van der Waals surface area contributed by atoms with Crippen LogP contribution in [0.25, 0.3) is 0 Å². The molecule has 3 heteroatoms. The molecule has 104 valence electrons. The van der Waals surface area contributed by atoms with E-state index in [1.165, 1.54) is 17.5 Å². The molecule has 1 saturated heterocycles. The Kier molecular flexibility index (Phi) is 4.46. The Bertz CT molecular complexity index is 456. The minimum absolute atomic E-state index is 0.216. The van der Waals surface area contributed by atoms with Crippen LogP contribution >= 0.6 is 0 Å². The van der Waals surface area contributed by atoms with Crippen LogP contribution in [-0.2, 0) is 4.79 Å². The third-order valence-corrected chi connectivity index (χ3v) is 4.16. The van der Waals surface area contributed by atoms with Crippen molar-refractivity contribution >= 4 is 11.6 Å². The van der Waals surface area contributed by atoms with Crippen molar-refractivity contribution in [2.24, 2.45) is 0 Å². The van der Waals surface area contributed by atoms with E-state index in [4.69, 9.17) is 0 Å². The van der Waals surface area contributed by atoms with Crippen LogP contribution in [0.1, 0.15) is 37.3 Å². The van der Waals surface area contributed by atoms with Crippen molar-refractivity contribution in [1.82, 2.24) is 4.90 Å². The smallest absolute Gasteiger partial charge is 0.242 e. The summed E-state index contributed by atoms with van der Waals surface area (Å²) in [5.41, 5.74) is 3.55. The molecule has 0 saturated carbocycles. The number of nitrogens with zero attached hydrogens (tertiary/aromatic N) is 1. The zero-order valence-electron chi connectivity index (χ0n) is 12.2. The number of piperidine rings is 1. The van der Waals surface area contributed by atoms with Gasteiger partial charge in [-0.1, -0.05) is 12.1 Å². The second-order valence-corrected chi connectivity index (χ2v) is 5.53. The highest BCUT2D eigenvalue weighted by Gasteiger charge is 2.22. The first-order valence-electron chi connectivity index (χ1n) is 7.19. The van der Waals surface area contributed by atoms with E-state index in [0.717, 1.165) is 25.1 Å². The fourth-order valence-corrected chi connectivity index (χ4v) is 2.68. The molecule has 3 nitrogen and oxygen atoms in total. The highest BCUT2D eigenvalue weighted by atomic mass is 16.2. The summed E-state index contributed by atoms with van der Waals surface area (Å²) in [6, 6.07) is 6.55. The summed E-state index contributed by atoms with van der Waals surface area (Å²) < 4.78 is 0. The number of aryl methyl sites for hydroxylation is 1. The predicted octanol–water partition coefficient (Wildman–Crippen LogP) is 3.12. The van der Waals surface area contributed by atoms with Crippen LogP contribution in [0.3, 0.4) is 0 Å². The fraction of sp³-hybridized carbons (Fsp3) is 0.562. The van der Waals surface area contributed by atoms with E-state index in [2.05, 4.69) is 32.2 Å². The number of hydrogen-bond donors (Lipinski definition) is 1. The lowest BCUT2D eigenvalue weighted by Gasteiger charge is -2.33. The van der Waals surface area contributed by atoms with Crippen molar-refractivity contribution in [2.75, 3.05) is 18.4 Å². The average Bonchev–Trinajstić information content (AvgIpc) is 2.40. The monoisotopic (exact) mass is 260 g/mol. The van der Waals surface area contributed by atoms with Gasteiger partial charge in [-0.15, -0.1) is 0 Å². The minimum atomic E-state index is 0.216. The first-order valence-corrected chi connectivity index (χ1v) is 7.19. The van der Waals surface area contributed by atoms with Crippen molar-refractivity contribution in [2.45, 2.75) is 46.1 Å². The van der Waals surface area contributed by atoms with Crippen LogP contribution in [0.5, 0.6) is 0 Å². The summed E-state index contributed by atoms with van der Waals surface area (Å²) >= 11 is 0. The molecule has 2 rings (SSSR count). The quantitative estimate of drug-likeness (QED) is 0.905. The van der Waals surface area contributed by atoms with Crippen LogP contribution in [0.15, 0.2) is 18.2 Å². The summed E-state index contributed by atoms with van der Waals surface area (Å²) in [4.78, 5) is 14.3. The fourth-order valence-electron chi connectivity index (χ4n) is 2.68. The third kappa shape index (κ3) is 3.28. The van der Waals surface area contributed by atoms with Gasteiger partial charge in [0.15, 0.2) is 0 Å². The van der Waals surface area contributed by atoms with Gasteiger partial charge in [0.2, 0.25) is 5.91 Å². The van der Waals surface area contributed by atoms with Crippen LogP contribution in [0.2, 0.25) is 0 Å². The molecule has 0 aliphatic carbocycles. The summed E-state index contributed by atoms with van der Waals surface area (Å²) in [6.45, 7) is 7.64. The van der Waals surface area contributed by atoms with Crippen molar-refractivity contribution < 1.29 is 4.79 Å². The van der Waals surface area contributed by atoms with Crippen LogP contribution in [-0.4, -0.2) is 29.9 Å². The summed E-state index contributed by atoms with van der Waals surface area (Å²) in [5, 5.41) is 3.28. The lowest BCUT2D eigenvalue weighted by atomic mass is 10.0. The number of anilines is 1. The maximum absolute atomic E-state index is 12.2. The molecule has 1 aromatic carbocycles. The van der Waals surface area contributed by atoms with Gasteiger partial charge in [0.05, 0.1) is 6.54 Å². The Labute approximate surface area is 116 Å². The van der Waals surface area contributed by atoms with Crippen LogP contribution < -0.4 is 5.32 Å². The number of likely N-dealkylation sites (tertiary alicyclic amines) is 1. The van der Waals surface area contributed by atoms with Crippen LogP contribution in [0, 0.1) is 13.8 Å². The Morgan fingerprint density at radius 3 is 2.89 bits per heavy atom. The molecule has 1 atom stereocenters. The third-order valence-electron chi connectivity index (χ3n) is 4.16. The molecule has 19 heavy (non-hydrogen) atoms. The second kappa shape index (κ2) is 6.09. The van der Waals surface area contributed by atoms with Gasteiger partial charge in [-0.3, -0.25) is 4.79 Å². The number of nitrogens with one attached hydrogen (secondary N) is 1. The summed E-state index contributed by atoms with van der Waals surface area (Å²) in [6.07, 6.45) is 3.52. The number of benzene rings is 1. The van der Waals surface area contributed by atoms with E-state index in [1.54, 1.807) is 0 Å². The summed E-state index contributed by atoms with van der Waals surface area (Å²) in [5.74, 6) is 0.216. The molecule has 0 aromatic heterocycles. The van der Waals surface area contributed by atoms with Gasteiger partial charge in [-0.05, 0) is 57.2 Å². The standard InChI is InChI=1S/C16H24N2O/c1-12-7-6-9-15(14(12)3)17-11-16(19)18-10-5-4-8-13(18)2/h6-7,9,13,17H,4-5,8,10-11H2,1-3H3. The molecule has 0 bridgehead atoms. The maximum atomic E-state index is 12.2. The first kappa shape index (κ1) is 13.9. The lowest BCUT2D eigenvalue weighted by Crippen LogP contribution is -2.44. The average molecular weight is 260 g/mol. The number of carbonyl (C=O) groups excluding carboxylic acids is 1. The predicted molar refractivity (Wildman–Crippen MR) is 79.4 cm³/mol. The lowest BCUT2D eigenvalue weighted by molar-refractivity contribution is -0.132. The molecule has 1 fully saturated rings. The Hall–Kier alpha value is -1.51. The van der Waals surface area contributed by atoms with Gasteiger partial charge in [0, 0.05) is 18.3 Å². The Morgan fingerprint density at radius 1 is 1.37 bits per heavy atom. The zero-order valence-corrected chi connectivity index (χ0v) is 12.2. The molecule has 1 heterocycles. The number of carbonyl (C=O) groups is 1. The van der Waals surface area contributed by atoms with Crippen molar-refractivity contribution in [3.05, 3.63) is 29.3 Å². The van der Waals surface area contributed by atoms with E-state index in [-0.39, 0.29) is 5.91 Å². The number of rotatable bonds is 3. The second-order valence-electron chi connectivity index (χ2n) is 5.53. The molecule has 0 spiro atoms. The van der Waals surface area contributed by atoms with Gasteiger partial charge >= 0.3 is 0 Å². The van der Waals surface area contributed by atoms with E-state index in [9.17, 15) is 4.79 Å². The van der Waals surface area contributed by atoms with Gasteiger partial charge in [-0.25, -0.2) is 0 Å². The highest BCUT2D eigenvalue weighted by Crippen LogP contribution is 2.19. The molecule has 0 radical (unpaired) electrons. The number of hydrogen-bond acceptors (Lipinski definition) is 2. The van der Waals surface area contributed by atoms with E-state index in [1.807, 2.05) is 17.0 Å². The van der Waals surface area contributed by atoms with Crippen molar-refractivity contribution in [3.8, 4) is 0 Å². The Balaban J connectivity index is 1.94. The zero-order chi connectivity index (χ0) is 13.8. The van der Waals surface area contributed by atoms with Gasteiger partial charge in [0.1, 0.15) is 0 Å². The van der Waals surface area contributed by atoms with Gasteiger partial charge in [-0.2, -0.15) is 0 Å². The molecular formula is C16H24N2O. The van der Waals surface area contributed by atoms with Gasteiger partial charge < -0.3 is 10.2 Å². The van der Waals surface area contributed by atoms with E-state index < -0.39 is 0 Å². The molecule has 1 N–H and O–H groups in total. The highest BCUT2D eigenvalue weighted by molar-refractivity contribution is 5.81. The SMILES string of the molecule is Cc1cccc(NCC(=O)N2CCCCC2C)c1C. The van der Waals surface area contributed by atoms with Crippen molar-refractivity contribution in [3.63, 3.8) is 0 Å². The topological polar surface area (TPSA) is 32.3 Å². The molecule has 1 amide bonds. The maximum Gasteiger partial charge on any atom is 0.242 e. The first-order chi connectivity index (χ1) is 9.09. The normalized spacial score (nSPS) is 19.3. The van der Waals surface area contributed by atoms with Crippen molar-refractivity contribution in [1.29, 1.82) is 0 Å². The largest absolute Gasteiger partial charge is 0.376 e. The molecule has 1 aliphatic rings. The molecule has 1 unspecified atom stereocenters. The van der Waals surface area contributed by atoms with Crippen LogP contribution in [0.4, 0.5) is 5.69 Å². The van der Waals surface area contributed by atoms with E-state index >= 15 is 0 Å². The minimum Gasteiger partial charge on any atom is -0.376 e. The number of amides is 1. The Morgan fingerprint density at radius 2 is 2.16 bits per heavy atom. The molecule has 1 aliphatic heterocycles. The summed E-state index contributed by atoms with van der Waals surface area (Å²) in [7, 11) is 0.